The molecule has 112 valence electrons. The molecule has 2 aromatic rings. The molecule has 0 fully saturated rings. The maximum absolute atomic E-state index is 9.41. The highest BCUT2D eigenvalue weighted by Gasteiger charge is 2.05. The monoisotopic (exact) mass is 349 g/mol. The zero-order valence-electron chi connectivity index (χ0n) is 12.3. The minimum atomic E-state index is -0.0287. The van der Waals surface area contributed by atoms with Crippen LogP contribution in [0.1, 0.15) is 23.6 Å². The van der Waals surface area contributed by atoms with Gasteiger partial charge in [-0.05, 0) is 49.2 Å². The molecule has 21 heavy (non-hydrogen) atoms. The second kappa shape index (κ2) is 7.48. The van der Waals surface area contributed by atoms with Crippen LogP contribution in [0.25, 0.3) is 0 Å². The van der Waals surface area contributed by atoms with Crippen LogP contribution in [0, 0.1) is 6.92 Å². The van der Waals surface area contributed by atoms with Crippen molar-refractivity contribution in [2.75, 3.05) is 11.9 Å². The van der Waals surface area contributed by atoms with Gasteiger partial charge in [0.2, 0.25) is 0 Å². The zero-order chi connectivity index (χ0) is 15.2. The number of anilines is 1. The van der Waals surface area contributed by atoms with Crippen molar-refractivity contribution in [2.45, 2.75) is 27.0 Å². The third-order valence-electron chi connectivity index (χ3n) is 3.22. The number of hydrogen-bond donors (Lipinski definition) is 2. The predicted octanol–water partition coefficient (Wildman–Crippen LogP) is 4.26. The standard InChI is InChI=1S/C17H20BrNO2/c1-3-21-17-7-6-15(9-14(17)11-20)19-10-13-5-4-12(2)8-16(13)18/h4-9,19-20H,3,10-11H2,1-2H3. The number of aliphatic hydroxyl groups excluding tert-OH is 1. The molecule has 0 spiro atoms. The number of aliphatic hydroxyl groups is 1. The fourth-order valence-corrected chi connectivity index (χ4v) is 2.74. The summed E-state index contributed by atoms with van der Waals surface area (Å²) in [7, 11) is 0. The molecular formula is C17H20BrNO2. The number of hydrogen-bond acceptors (Lipinski definition) is 3. The van der Waals surface area contributed by atoms with E-state index in [0.29, 0.717) is 6.61 Å². The minimum Gasteiger partial charge on any atom is -0.494 e. The van der Waals surface area contributed by atoms with E-state index in [9.17, 15) is 5.11 Å². The molecule has 0 amide bonds. The number of rotatable bonds is 6. The van der Waals surface area contributed by atoms with Crippen LogP contribution < -0.4 is 10.1 Å². The van der Waals surface area contributed by atoms with E-state index in [4.69, 9.17) is 4.74 Å². The molecule has 2 aromatic carbocycles. The Labute approximate surface area is 134 Å². The number of ether oxygens (including phenoxy) is 1. The van der Waals surface area contributed by atoms with Gasteiger partial charge in [0.15, 0.2) is 0 Å². The largest absolute Gasteiger partial charge is 0.494 e. The van der Waals surface area contributed by atoms with Gasteiger partial charge in [0.1, 0.15) is 5.75 Å². The molecule has 0 aliphatic heterocycles. The number of benzene rings is 2. The Morgan fingerprint density at radius 1 is 1.14 bits per heavy atom. The molecule has 2 rings (SSSR count). The van der Waals surface area contributed by atoms with Gasteiger partial charge in [-0.3, -0.25) is 0 Å². The van der Waals surface area contributed by atoms with Crippen molar-refractivity contribution in [2.24, 2.45) is 0 Å². The van der Waals surface area contributed by atoms with Crippen molar-refractivity contribution in [3.05, 3.63) is 57.6 Å². The van der Waals surface area contributed by atoms with E-state index in [2.05, 4.69) is 46.4 Å². The minimum absolute atomic E-state index is 0.0287. The third-order valence-corrected chi connectivity index (χ3v) is 3.96. The van der Waals surface area contributed by atoms with Crippen molar-refractivity contribution in [3.8, 4) is 5.75 Å². The third kappa shape index (κ3) is 4.22. The van der Waals surface area contributed by atoms with Crippen molar-refractivity contribution >= 4 is 21.6 Å². The van der Waals surface area contributed by atoms with E-state index in [0.717, 1.165) is 28.0 Å². The fourth-order valence-electron chi connectivity index (χ4n) is 2.10. The highest BCUT2D eigenvalue weighted by molar-refractivity contribution is 9.10. The average molecular weight is 350 g/mol. The lowest BCUT2D eigenvalue weighted by molar-refractivity contribution is 0.267. The predicted molar refractivity (Wildman–Crippen MR) is 89.7 cm³/mol. The highest BCUT2D eigenvalue weighted by Crippen LogP contribution is 2.24. The Morgan fingerprint density at radius 2 is 1.95 bits per heavy atom. The molecule has 0 bridgehead atoms. The Balaban J connectivity index is 2.09. The number of aryl methyl sites for hydroxylation is 1. The van der Waals surface area contributed by atoms with Crippen LogP contribution in [0.3, 0.4) is 0 Å². The highest BCUT2D eigenvalue weighted by atomic mass is 79.9. The maximum atomic E-state index is 9.41. The van der Waals surface area contributed by atoms with Gasteiger partial charge in [0.05, 0.1) is 13.2 Å². The SMILES string of the molecule is CCOc1ccc(NCc2ccc(C)cc2Br)cc1CO. The molecule has 0 aromatic heterocycles. The first-order chi connectivity index (χ1) is 10.1. The lowest BCUT2D eigenvalue weighted by atomic mass is 10.1. The summed E-state index contributed by atoms with van der Waals surface area (Å²) in [5, 5.41) is 12.8. The summed E-state index contributed by atoms with van der Waals surface area (Å²) in [5.74, 6) is 0.738. The molecular weight excluding hydrogens is 330 g/mol. The van der Waals surface area contributed by atoms with Crippen LogP contribution in [-0.4, -0.2) is 11.7 Å². The van der Waals surface area contributed by atoms with Gasteiger partial charge in [-0.15, -0.1) is 0 Å². The van der Waals surface area contributed by atoms with E-state index >= 15 is 0 Å². The summed E-state index contributed by atoms with van der Waals surface area (Å²) in [6.07, 6.45) is 0. The molecule has 4 heteroatoms. The second-order valence-corrected chi connectivity index (χ2v) is 5.72. The first-order valence-corrected chi connectivity index (χ1v) is 7.78. The molecule has 0 aliphatic rings. The summed E-state index contributed by atoms with van der Waals surface area (Å²) in [5.41, 5.74) is 4.19. The van der Waals surface area contributed by atoms with Crippen molar-refractivity contribution in [1.82, 2.24) is 0 Å². The van der Waals surface area contributed by atoms with E-state index in [1.807, 2.05) is 25.1 Å². The molecule has 0 saturated heterocycles. The summed E-state index contributed by atoms with van der Waals surface area (Å²) in [4.78, 5) is 0. The topological polar surface area (TPSA) is 41.5 Å². The normalized spacial score (nSPS) is 10.5. The first kappa shape index (κ1) is 15.9. The number of nitrogens with one attached hydrogen (secondary N) is 1. The van der Waals surface area contributed by atoms with E-state index in [1.54, 1.807) is 0 Å². The van der Waals surface area contributed by atoms with Gasteiger partial charge in [0, 0.05) is 22.3 Å². The van der Waals surface area contributed by atoms with Crippen LogP contribution >= 0.6 is 15.9 Å². The zero-order valence-corrected chi connectivity index (χ0v) is 13.9. The van der Waals surface area contributed by atoms with Crippen LogP contribution in [0.5, 0.6) is 5.75 Å². The van der Waals surface area contributed by atoms with Gasteiger partial charge in [-0.1, -0.05) is 28.1 Å². The summed E-state index contributed by atoms with van der Waals surface area (Å²) >= 11 is 3.58. The quantitative estimate of drug-likeness (QED) is 0.818. The van der Waals surface area contributed by atoms with Crippen molar-refractivity contribution in [3.63, 3.8) is 0 Å². The molecule has 0 radical (unpaired) electrons. The molecule has 3 nitrogen and oxygen atoms in total. The first-order valence-electron chi connectivity index (χ1n) is 6.99. The van der Waals surface area contributed by atoms with Gasteiger partial charge in [-0.25, -0.2) is 0 Å². The lowest BCUT2D eigenvalue weighted by Crippen LogP contribution is -2.02. The Bertz CT molecular complexity index is 614. The van der Waals surface area contributed by atoms with Crippen LogP contribution in [0.2, 0.25) is 0 Å². The molecule has 0 aliphatic carbocycles. The van der Waals surface area contributed by atoms with Crippen LogP contribution in [0.15, 0.2) is 40.9 Å². The van der Waals surface area contributed by atoms with Crippen LogP contribution in [0.4, 0.5) is 5.69 Å². The Kier molecular flexibility index (Phi) is 5.65. The molecule has 0 heterocycles. The fraction of sp³-hybridized carbons (Fsp3) is 0.294. The van der Waals surface area contributed by atoms with E-state index in [-0.39, 0.29) is 6.61 Å². The Morgan fingerprint density at radius 3 is 2.62 bits per heavy atom. The Hall–Kier alpha value is -1.52. The summed E-state index contributed by atoms with van der Waals surface area (Å²) in [6.45, 7) is 5.29. The number of halogens is 1. The van der Waals surface area contributed by atoms with Gasteiger partial charge in [0.25, 0.3) is 0 Å². The van der Waals surface area contributed by atoms with E-state index < -0.39 is 0 Å². The average Bonchev–Trinajstić information content (AvgIpc) is 2.47. The molecule has 0 atom stereocenters. The van der Waals surface area contributed by atoms with Crippen molar-refractivity contribution < 1.29 is 9.84 Å². The van der Waals surface area contributed by atoms with Gasteiger partial charge < -0.3 is 15.2 Å². The van der Waals surface area contributed by atoms with Gasteiger partial charge in [-0.2, -0.15) is 0 Å². The van der Waals surface area contributed by atoms with Crippen molar-refractivity contribution in [1.29, 1.82) is 0 Å². The summed E-state index contributed by atoms with van der Waals surface area (Å²) < 4.78 is 6.58. The van der Waals surface area contributed by atoms with Crippen LogP contribution in [-0.2, 0) is 13.2 Å². The summed E-state index contributed by atoms with van der Waals surface area (Å²) in [6, 6.07) is 12.1. The smallest absolute Gasteiger partial charge is 0.124 e. The lowest BCUT2D eigenvalue weighted by Gasteiger charge is -2.13. The van der Waals surface area contributed by atoms with E-state index in [1.165, 1.54) is 11.1 Å². The maximum Gasteiger partial charge on any atom is 0.124 e. The molecule has 2 N–H and O–H groups in total. The van der Waals surface area contributed by atoms with Gasteiger partial charge >= 0.3 is 0 Å². The molecule has 0 unspecified atom stereocenters. The molecule has 0 saturated carbocycles. The second-order valence-electron chi connectivity index (χ2n) is 4.86.